The number of aryl methyl sites for hydroxylation is 1. The van der Waals surface area contributed by atoms with Gasteiger partial charge in [0.1, 0.15) is 17.9 Å². The van der Waals surface area contributed by atoms with Crippen molar-refractivity contribution in [3.8, 4) is 11.1 Å². The van der Waals surface area contributed by atoms with E-state index in [1.54, 1.807) is 39.2 Å². The second-order valence-electron chi connectivity index (χ2n) is 5.79. The number of halogens is 2. The van der Waals surface area contributed by atoms with E-state index in [1.165, 1.54) is 21.8 Å². The second-order valence-corrected chi connectivity index (χ2v) is 5.79. The molecule has 2 heterocycles. The molecule has 0 fully saturated rings. The van der Waals surface area contributed by atoms with Gasteiger partial charge in [0.05, 0.1) is 5.52 Å². The van der Waals surface area contributed by atoms with Crippen LogP contribution < -0.4 is 0 Å². The molecule has 0 aliphatic carbocycles. The maximum Gasteiger partial charge on any atom is 0.258 e. The zero-order valence-electron chi connectivity index (χ0n) is 13.5. The minimum Gasteiger partial charge on any atom is -0.347 e. The van der Waals surface area contributed by atoms with E-state index in [9.17, 15) is 13.6 Å². The van der Waals surface area contributed by atoms with E-state index < -0.39 is 5.95 Å². The largest absolute Gasteiger partial charge is 0.347 e. The van der Waals surface area contributed by atoms with E-state index in [0.29, 0.717) is 16.6 Å². The van der Waals surface area contributed by atoms with Gasteiger partial charge in [0.25, 0.3) is 5.95 Å². The molecule has 0 saturated carbocycles. The highest BCUT2D eigenvalue weighted by Crippen LogP contribution is 2.25. The predicted molar refractivity (Wildman–Crippen MR) is 86.3 cm³/mol. The highest BCUT2D eigenvalue weighted by atomic mass is 19.1. The lowest BCUT2D eigenvalue weighted by Gasteiger charge is -2.10. The maximum absolute atomic E-state index is 13.9. The van der Waals surface area contributed by atoms with Gasteiger partial charge in [-0.3, -0.25) is 9.48 Å². The number of carbonyl (C=O) groups is 1. The van der Waals surface area contributed by atoms with Gasteiger partial charge in [-0.15, -0.1) is 5.10 Å². The fraction of sp³-hybridized carbons (Fsp3) is 0.235. The molecule has 2 aromatic heterocycles. The Morgan fingerprint density at radius 3 is 2.62 bits per heavy atom. The summed E-state index contributed by atoms with van der Waals surface area (Å²) in [6.45, 7) is 1.59. The Labute approximate surface area is 137 Å². The van der Waals surface area contributed by atoms with Gasteiger partial charge in [0.15, 0.2) is 0 Å². The van der Waals surface area contributed by atoms with Crippen molar-refractivity contribution >= 4 is 16.9 Å². The van der Waals surface area contributed by atoms with Crippen molar-refractivity contribution in [2.45, 2.75) is 13.5 Å². The molecule has 0 N–H and O–H groups in total. The van der Waals surface area contributed by atoms with Crippen LogP contribution in [0.4, 0.5) is 8.78 Å². The molecule has 0 unspecified atom stereocenters. The van der Waals surface area contributed by atoms with Crippen molar-refractivity contribution in [1.29, 1.82) is 0 Å². The molecule has 0 spiro atoms. The lowest BCUT2D eigenvalue weighted by Crippen LogP contribution is -2.26. The third-order valence-corrected chi connectivity index (χ3v) is 3.82. The van der Waals surface area contributed by atoms with Crippen LogP contribution in [0.2, 0.25) is 0 Å². The zero-order chi connectivity index (χ0) is 17.4. The van der Waals surface area contributed by atoms with Crippen molar-refractivity contribution in [3.63, 3.8) is 0 Å². The van der Waals surface area contributed by atoms with Crippen LogP contribution >= 0.6 is 0 Å². The summed E-state index contributed by atoms with van der Waals surface area (Å²) in [5.74, 6) is -1.22. The van der Waals surface area contributed by atoms with E-state index in [2.05, 4.69) is 10.1 Å². The lowest BCUT2D eigenvalue weighted by molar-refractivity contribution is -0.129. The van der Waals surface area contributed by atoms with Gasteiger partial charge in [-0.1, -0.05) is 6.07 Å². The first kappa shape index (κ1) is 16.0. The molecule has 7 heteroatoms. The van der Waals surface area contributed by atoms with Gasteiger partial charge in [0, 0.05) is 25.9 Å². The van der Waals surface area contributed by atoms with Crippen LogP contribution in [-0.4, -0.2) is 39.7 Å². The molecule has 0 radical (unpaired) electrons. The monoisotopic (exact) mass is 330 g/mol. The first-order chi connectivity index (χ1) is 11.4. The third-order valence-electron chi connectivity index (χ3n) is 3.82. The molecule has 0 saturated heterocycles. The standard InChI is InChI=1S/C17H16F2N4O/c1-10-6-11(4-5-13(10)18)12-7-14-16(20-8-12)17(19)21-23(14)9-15(24)22(2)3/h4-8H,9H2,1-3H3. The number of carbonyl (C=O) groups excluding carboxylic acids is 1. The summed E-state index contributed by atoms with van der Waals surface area (Å²) in [6.07, 6.45) is 1.51. The quantitative estimate of drug-likeness (QED) is 0.742. The minimum absolute atomic E-state index is 0.0823. The highest BCUT2D eigenvalue weighted by Gasteiger charge is 2.16. The Morgan fingerprint density at radius 1 is 1.21 bits per heavy atom. The first-order valence-electron chi connectivity index (χ1n) is 7.35. The summed E-state index contributed by atoms with van der Waals surface area (Å²) in [7, 11) is 3.24. The summed E-state index contributed by atoms with van der Waals surface area (Å²) in [5, 5.41) is 3.76. The molecule has 24 heavy (non-hydrogen) atoms. The molecule has 124 valence electrons. The van der Waals surface area contributed by atoms with Gasteiger partial charge >= 0.3 is 0 Å². The number of amides is 1. The Bertz CT molecular complexity index is 934. The van der Waals surface area contributed by atoms with Gasteiger partial charge in [0.2, 0.25) is 5.91 Å². The topological polar surface area (TPSA) is 51.0 Å². The summed E-state index contributed by atoms with van der Waals surface area (Å²) < 4.78 is 28.7. The minimum atomic E-state index is -0.724. The molecule has 0 aliphatic heterocycles. The molecule has 3 aromatic rings. The van der Waals surface area contributed by atoms with Crippen molar-refractivity contribution in [1.82, 2.24) is 19.7 Å². The maximum atomic E-state index is 13.9. The molecule has 5 nitrogen and oxygen atoms in total. The number of aromatic nitrogens is 3. The van der Waals surface area contributed by atoms with Crippen molar-refractivity contribution in [2.75, 3.05) is 14.1 Å². The number of nitrogens with zero attached hydrogens (tertiary/aromatic N) is 4. The number of pyridine rings is 1. The van der Waals surface area contributed by atoms with E-state index in [4.69, 9.17) is 0 Å². The van der Waals surface area contributed by atoms with Crippen LogP contribution in [0.15, 0.2) is 30.5 Å². The zero-order valence-corrected chi connectivity index (χ0v) is 13.5. The van der Waals surface area contributed by atoms with Crippen LogP contribution in [-0.2, 0) is 11.3 Å². The van der Waals surface area contributed by atoms with Crippen molar-refractivity contribution in [2.24, 2.45) is 0 Å². The Kier molecular flexibility index (Phi) is 4.01. The van der Waals surface area contributed by atoms with Crippen molar-refractivity contribution < 1.29 is 13.6 Å². The van der Waals surface area contributed by atoms with Crippen LogP contribution in [0.1, 0.15) is 5.56 Å². The second kappa shape index (κ2) is 5.99. The van der Waals surface area contributed by atoms with E-state index >= 15 is 0 Å². The highest BCUT2D eigenvalue weighted by molar-refractivity contribution is 5.83. The van der Waals surface area contributed by atoms with Crippen LogP contribution in [0.25, 0.3) is 22.2 Å². The summed E-state index contributed by atoms with van der Waals surface area (Å²) >= 11 is 0. The van der Waals surface area contributed by atoms with Gasteiger partial charge in [-0.25, -0.2) is 9.37 Å². The van der Waals surface area contributed by atoms with Crippen LogP contribution in [0.3, 0.4) is 0 Å². The van der Waals surface area contributed by atoms with Crippen molar-refractivity contribution in [3.05, 3.63) is 47.8 Å². The fourth-order valence-electron chi connectivity index (χ4n) is 2.39. The van der Waals surface area contributed by atoms with Crippen LogP contribution in [0.5, 0.6) is 0 Å². The number of benzene rings is 1. The molecule has 3 rings (SSSR count). The summed E-state index contributed by atoms with van der Waals surface area (Å²) in [4.78, 5) is 17.4. The van der Waals surface area contributed by atoms with Gasteiger partial charge < -0.3 is 4.90 Å². The molecule has 0 aliphatic rings. The van der Waals surface area contributed by atoms with Gasteiger partial charge in [-0.2, -0.15) is 4.39 Å². The SMILES string of the molecule is Cc1cc(-c2cnc3c(F)nn(CC(=O)N(C)C)c3c2)ccc1F. The fourth-order valence-corrected chi connectivity index (χ4v) is 2.39. The molecular formula is C17H16F2N4O. The molecule has 1 amide bonds. The predicted octanol–water partition coefficient (Wildman–Crippen LogP) is 2.77. The molecule has 1 aromatic carbocycles. The molecular weight excluding hydrogens is 314 g/mol. The Morgan fingerprint density at radius 2 is 1.96 bits per heavy atom. The molecule has 0 atom stereocenters. The average molecular weight is 330 g/mol. The first-order valence-corrected chi connectivity index (χ1v) is 7.35. The summed E-state index contributed by atoms with van der Waals surface area (Å²) in [5.41, 5.74) is 2.49. The van der Waals surface area contributed by atoms with E-state index in [-0.39, 0.29) is 23.8 Å². The number of hydrogen-bond acceptors (Lipinski definition) is 3. The van der Waals surface area contributed by atoms with Crippen LogP contribution in [0, 0.1) is 18.7 Å². The molecule has 0 bridgehead atoms. The smallest absolute Gasteiger partial charge is 0.258 e. The number of hydrogen-bond donors (Lipinski definition) is 0. The average Bonchev–Trinajstić information content (AvgIpc) is 2.85. The number of likely N-dealkylation sites (N-methyl/N-ethyl adjacent to an activating group) is 1. The number of fused-ring (bicyclic) bond motifs is 1. The van der Waals surface area contributed by atoms with E-state index in [1.807, 2.05) is 0 Å². The third kappa shape index (κ3) is 2.84. The number of rotatable bonds is 3. The van der Waals surface area contributed by atoms with E-state index in [0.717, 1.165) is 5.56 Å². The summed E-state index contributed by atoms with van der Waals surface area (Å²) in [6, 6.07) is 6.41. The van der Waals surface area contributed by atoms with Gasteiger partial charge in [-0.05, 0) is 36.2 Å². The Hall–Kier alpha value is -2.83. The Balaban J connectivity index is 2.09. The lowest BCUT2D eigenvalue weighted by atomic mass is 10.0. The normalized spacial score (nSPS) is 11.0.